The van der Waals surface area contributed by atoms with Crippen molar-refractivity contribution in [3.63, 3.8) is 0 Å². The molecule has 8 nitrogen and oxygen atoms in total. The molecule has 0 fully saturated rings. The number of methoxy groups -OCH3 is 2. The average Bonchev–Trinajstić information content (AvgIpc) is 2.50. The van der Waals surface area contributed by atoms with Gasteiger partial charge in [0.2, 0.25) is 0 Å². The predicted octanol–water partition coefficient (Wildman–Crippen LogP) is 0.903. The number of likely N-dealkylation sites (N-methyl/N-ethyl adjacent to an activating group) is 2. The maximum atomic E-state index is 12.3. The summed E-state index contributed by atoms with van der Waals surface area (Å²) in [6.45, 7) is 1.02. The van der Waals surface area contributed by atoms with Crippen LogP contribution in [0.3, 0.4) is 0 Å². The number of nitrogens with zero attached hydrogens (tertiary/aromatic N) is 2. The minimum absolute atomic E-state index is 0.0312. The van der Waals surface area contributed by atoms with Gasteiger partial charge in [-0.25, -0.2) is 0 Å². The molecule has 0 heterocycles. The molecule has 0 bridgehead atoms. The first-order chi connectivity index (χ1) is 9.96. The van der Waals surface area contributed by atoms with Gasteiger partial charge in [-0.05, 0) is 7.05 Å². The largest absolute Gasteiger partial charge is 0.493 e. The SMILES string of the molecule is CNCCN(C)C(=O)c1cc(OC)c(OC)cc1[N+](=O)[O-]. The molecule has 0 saturated heterocycles. The maximum Gasteiger partial charge on any atom is 0.286 e. The van der Waals surface area contributed by atoms with Crippen LogP contribution in [-0.2, 0) is 0 Å². The Balaban J connectivity index is 3.26. The molecule has 0 radical (unpaired) electrons. The Morgan fingerprint density at radius 3 is 2.38 bits per heavy atom. The van der Waals surface area contributed by atoms with Crippen molar-refractivity contribution in [1.82, 2.24) is 10.2 Å². The molecule has 8 heteroatoms. The van der Waals surface area contributed by atoms with Crippen LogP contribution < -0.4 is 14.8 Å². The number of nitro groups is 1. The highest BCUT2D eigenvalue weighted by Crippen LogP contribution is 2.34. The fourth-order valence-corrected chi connectivity index (χ4v) is 1.78. The van der Waals surface area contributed by atoms with Crippen LogP contribution in [0.2, 0.25) is 0 Å². The van der Waals surface area contributed by atoms with Crippen LogP contribution in [0.4, 0.5) is 5.69 Å². The first-order valence-electron chi connectivity index (χ1n) is 6.26. The number of ether oxygens (including phenoxy) is 2. The molecular weight excluding hydrogens is 278 g/mol. The van der Waals surface area contributed by atoms with Crippen molar-refractivity contribution < 1.29 is 19.2 Å². The summed E-state index contributed by atoms with van der Waals surface area (Å²) in [6.07, 6.45) is 0. The van der Waals surface area contributed by atoms with E-state index in [1.165, 1.54) is 31.3 Å². The lowest BCUT2D eigenvalue weighted by atomic mass is 10.1. The van der Waals surface area contributed by atoms with Crippen LogP contribution in [0.5, 0.6) is 11.5 Å². The van der Waals surface area contributed by atoms with Crippen LogP contribution in [0.1, 0.15) is 10.4 Å². The molecule has 0 aliphatic heterocycles. The van der Waals surface area contributed by atoms with Gasteiger partial charge in [0.05, 0.1) is 25.2 Å². The molecule has 0 aliphatic carbocycles. The second-order valence-electron chi connectivity index (χ2n) is 4.31. The number of carbonyl (C=O) groups excluding carboxylic acids is 1. The lowest BCUT2D eigenvalue weighted by Crippen LogP contribution is -2.33. The normalized spacial score (nSPS) is 10.1. The van der Waals surface area contributed by atoms with Gasteiger partial charge in [-0.3, -0.25) is 14.9 Å². The van der Waals surface area contributed by atoms with Crippen LogP contribution in [0.25, 0.3) is 0 Å². The van der Waals surface area contributed by atoms with E-state index in [4.69, 9.17) is 9.47 Å². The summed E-state index contributed by atoms with van der Waals surface area (Å²) in [5.41, 5.74) is -0.342. The third-order valence-corrected chi connectivity index (χ3v) is 2.97. The van der Waals surface area contributed by atoms with Gasteiger partial charge in [-0.15, -0.1) is 0 Å². The summed E-state index contributed by atoms with van der Waals surface area (Å²) in [7, 11) is 6.13. The van der Waals surface area contributed by atoms with E-state index in [0.29, 0.717) is 13.1 Å². The van der Waals surface area contributed by atoms with Gasteiger partial charge < -0.3 is 19.7 Å². The summed E-state index contributed by atoms with van der Waals surface area (Å²) in [6, 6.07) is 2.52. The Kier molecular flexibility index (Phi) is 5.92. The van der Waals surface area contributed by atoms with Crippen LogP contribution in [-0.4, -0.2) is 57.1 Å². The molecule has 1 N–H and O–H groups in total. The van der Waals surface area contributed by atoms with E-state index in [0.717, 1.165) is 0 Å². The van der Waals surface area contributed by atoms with Crippen molar-refractivity contribution >= 4 is 11.6 Å². The van der Waals surface area contributed by atoms with Crippen molar-refractivity contribution in [2.24, 2.45) is 0 Å². The Morgan fingerprint density at radius 2 is 1.90 bits per heavy atom. The number of nitrogens with one attached hydrogen (secondary N) is 1. The number of nitro benzene ring substituents is 1. The first-order valence-corrected chi connectivity index (χ1v) is 6.26. The number of benzene rings is 1. The molecule has 0 aliphatic rings. The molecule has 0 spiro atoms. The highest BCUT2D eigenvalue weighted by molar-refractivity contribution is 5.99. The lowest BCUT2D eigenvalue weighted by molar-refractivity contribution is -0.385. The van der Waals surface area contributed by atoms with Gasteiger partial charge in [-0.1, -0.05) is 0 Å². The minimum Gasteiger partial charge on any atom is -0.493 e. The van der Waals surface area contributed by atoms with Crippen LogP contribution in [0.15, 0.2) is 12.1 Å². The monoisotopic (exact) mass is 297 g/mol. The van der Waals surface area contributed by atoms with Crippen molar-refractivity contribution in [3.05, 3.63) is 27.8 Å². The van der Waals surface area contributed by atoms with Gasteiger partial charge in [0.25, 0.3) is 11.6 Å². The highest BCUT2D eigenvalue weighted by atomic mass is 16.6. The van der Waals surface area contributed by atoms with Gasteiger partial charge in [-0.2, -0.15) is 0 Å². The Labute approximate surface area is 122 Å². The van der Waals surface area contributed by atoms with Gasteiger partial charge in [0.15, 0.2) is 11.5 Å². The summed E-state index contributed by atoms with van der Waals surface area (Å²) in [5, 5.41) is 14.1. The quantitative estimate of drug-likeness (QED) is 0.593. The zero-order chi connectivity index (χ0) is 16.0. The zero-order valence-electron chi connectivity index (χ0n) is 12.5. The van der Waals surface area contributed by atoms with E-state index in [9.17, 15) is 14.9 Å². The molecule has 1 rings (SSSR count). The molecule has 116 valence electrons. The molecular formula is C13H19N3O5. The van der Waals surface area contributed by atoms with E-state index >= 15 is 0 Å². The predicted molar refractivity (Wildman–Crippen MR) is 77.1 cm³/mol. The number of hydrogen-bond acceptors (Lipinski definition) is 6. The molecule has 1 amide bonds. The summed E-state index contributed by atoms with van der Waals surface area (Å²) >= 11 is 0. The summed E-state index contributed by atoms with van der Waals surface area (Å²) < 4.78 is 10.1. The van der Waals surface area contributed by atoms with Gasteiger partial charge >= 0.3 is 0 Å². The standard InChI is InChI=1S/C13H19N3O5/c1-14-5-6-15(2)13(17)9-7-11(20-3)12(21-4)8-10(9)16(18)19/h7-8,14H,5-6H2,1-4H3. The molecule has 1 aromatic carbocycles. The number of rotatable bonds is 7. The van der Waals surface area contributed by atoms with E-state index in [1.807, 2.05) is 0 Å². The fourth-order valence-electron chi connectivity index (χ4n) is 1.78. The van der Waals surface area contributed by atoms with Crippen LogP contribution >= 0.6 is 0 Å². The number of amides is 1. The van der Waals surface area contributed by atoms with E-state index in [2.05, 4.69) is 5.32 Å². The Morgan fingerprint density at radius 1 is 1.33 bits per heavy atom. The second kappa shape index (κ2) is 7.44. The maximum absolute atomic E-state index is 12.3. The Bertz CT molecular complexity index is 533. The molecule has 0 atom stereocenters. The summed E-state index contributed by atoms with van der Waals surface area (Å²) in [5.74, 6) is 0.0324. The minimum atomic E-state index is -0.610. The fraction of sp³-hybridized carbons (Fsp3) is 0.462. The van der Waals surface area contributed by atoms with E-state index < -0.39 is 10.8 Å². The average molecular weight is 297 g/mol. The third-order valence-electron chi connectivity index (χ3n) is 2.97. The summed E-state index contributed by atoms with van der Waals surface area (Å²) in [4.78, 5) is 24.3. The zero-order valence-corrected chi connectivity index (χ0v) is 12.5. The molecule has 1 aromatic rings. The highest BCUT2D eigenvalue weighted by Gasteiger charge is 2.26. The van der Waals surface area contributed by atoms with Crippen molar-refractivity contribution in [3.8, 4) is 11.5 Å². The topological polar surface area (TPSA) is 93.9 Å². The lowest BCUT2D eigenvalue weighted by Gasteiger charge is -2.18. The van der Waals surface area contributed by atoms with Crippen molar-refractivity contribution in [2.75, 3.05) is 41.4 Å². The van der Waals surface area contributed by atoms with Crippen molar-refractivity contribution in [1.29, 1.82) is 0 Å². The number of carbonyl (C=O) groups is 1. The number of hydrogen-bond donors (Lipinski definition) is 1. The van der Waals surface area contributed by atoms with E-state index in [1.54, 1.807) is 14.1 Å². The Hall–Kier alpha value is -2.35. The molecule has 21 heavy (non-hydrogen) atoms. The molecule has 0 aromatic heterocycles. The van der Waals surface area contributed by atoms with E-state index in [-0.39, 0.29) is 22.7 Å². The molecule has 0 unspecified atom stereocenters. The van der Waals surface area contributed by atoms with Crippen LogP contribution in [0, 0.1) is 10.1 Å². The third kappa shape index (κ3) is 3.82. The van der Waals surface area contributed by atoms with Gasteiger partial charge in [0.1, 0.15) is 5.56 Å². The van der Waals surface area contributed by atoms with Crippen molar-refractivity contribution in [2.45, 2.75) is 0 Å². The second-order valence-corrected chi connectivity index (χ2v) is 4.31. The molecule has 0 saturated carbocycles. The van der Waals surface area contributed by atoms with Gasteiger partial charge in [0, 0.05) is 26.2 Å². The first kappa shape index (κ1) is 16.7. The smallest absolute Gasteiger partial charge is 0.286 e.